The highest BCUT2D eigenvalue weighted by molar-refractivity contribution is 9.10. The van der Waals surface area contributed by atoms with Crippen molar-refractivity contribution >= 4 is 33.2 Å². The zero-order valence-corrected chi connectivity index (χ0v) is 12.0. The van der Waals surface area contributed by atoms with Gasteiger partial charge >= 0.3 is 5.69 Å². The molecule has 19 heavy (non-hydrogen) atoms. The second-order valence-electron chi connectivity index (χ2n) is 3.76. The van der Waals surface area contributed by atoms with Gasteiger partial charge in [0.2, 0.25) is 5.75 Å². The van der Waals surface area contributed by atoms with Gasteiger partial charge in [-0.3, -0.25) is 10.1 Å². The molecular formula is C13H9BrClNO3. The largest absolute Gasteiger partial charge is 0.481 e. The number of halogens is 2. The normalized spacial score (nSPS) is 10.2. The summed E-state index contributed by atoms with van der Waals surface area (Å²) in [7, 11) is 0. The summed E-state index contributed by atoms with van der Waals surface area (Å²) in [6, 6.07) is 11.8. The van der Waals surface area contributed by atoms with Gasteiger partial charge in [-0.2, -0.15) is 0 Å². The topological polar surface area (TPSA) is 52.4 Å². The van der Waals surface area contributed by atoms with Crippen molar-refractivity contribution in [2.24, 2.45) is 0 Å². The van der Waals surface area contributed by atoms with Gasteiger partial charge in [0, 0.05) is 11.1 Å². The molecule has 2 aromatic carbocycles. The second kappa shape index (κ2) is 6.04. The Morgan fingerprint density at radius 2 is 2.00 bits per heavy atom. The van der Waals surface area contributed by atoms with E-state index in [1.54, 1.807) is 30.3 Å². The number of ether oxygens (including phenoxy) is 1. The Hall–Kier alpha value is -1.59. The van der Waals surface area contributed by atoms with E-state index in [-0.39, 0.29) is 18.0 Å². The van der Waals surface area contributed by atoms with Crippen LogP contribution in [0.4, 0.5) is 5.69 Å². The molecule has 0 bridgehead atoms. The van der Waals surface area contributed by atoms with Crippen LogP contribution < -0.4 is 4.74 Å². The molecule has 0 saturated heterocycles. The maximum Gasteiger partial charge on any atom is 0.312 e. The van der Waals surface area contributed by atoms with Crippen molar-refractivity contribution in [3.63, 3.8) is 0 Å². The molecule has 0 amide bonds. The summed E-state index contributed by atoms with van der Waals surface area (Å²) in [6.07, 6.45) is 0. The number of nitrogens with zero attached hydrogens (tertiary/aromatic N) is 1. The standard InChI is InChI=1S/C13H9BrClNO3/c14-11-5-2-6-12(16(17)18)13(11)19-8-9-3-1-4-10(15)7-9/h1-7H,8H2. The zero-order chi connectivity index (χ0) is 13.8. The first-order chi connectivity index (χ1) is 9.08. The molecule has 0 aliphatic heterocycles. The lowest BCUT2D eigenvalue weighted by Crippen LogP contribution is -1.99. The van der Waals surface area contributed by atoms with E-state index < -0.39 is 4.92 Å². The van der Waals surface area contributed by atoms with Crippen molar-refractivity contribution in [3.8, 4) is 5.75 Å². The van der Waals surface area contributed by atoms with Crippen LogP contribution in [-0.4, -0.2) is 4.92 Å². The summed E-state index contributed by atoms with van der Waals surface area (Å²) in [5, 5.41) is 11.5. The Morgan fingerprint density at radius 1 is 1.26 bits per heavy atom. The van der Waals surface area contributed by atoms with Gasteiger partial charge in [0.05, 0.1) is 9.40 Å². The third-order valence-corrected chi connectivity index (χ3v) is 3.27. The number of nitro benzene ring substituents is 1. The molecule has 0 atom stereocenters. The number of para-hydroxylation sites is 1. The summed E-state index contributed by atoms with van der Waals surface area (Å²) in [5.74, 6) is 0.215. The highest BCUT2D eigenvalue weighted by Gasteiger charge is 2.17. The summed E-state index contributed by atoms with van der Waals surface area (Å²) in [4.78, 5) is 10.4. The zero-order valence-electron chi connectivity index (χ0n) is 9.68. The Bertz CT molecular complexity index is 619. The van der Waals surface area contributed by atoms with Crippen molar-refractivity contribution < 1.29 is 9.66 Å². The molecule has 0 aliphatic rings. The smallest absolute Gasteiger partial charge is 0.312 e. The van der Waals surface area contributed by atoms with Crippen LogP contribution in [0.1, 0.15) is 5.56 Å². The molecule has 0 fully saturated rings. The van der Waals surface area contributed by atoms with Crippen molar-refractivity contribution in [1.29, 1.82) is 0 Å². The van der Waals surface area contributed by atoms with Crippen molar-refractivity contribution in [1.82, 2.24) is 0 Å². The SMILES string of the molecule is O=[N+]([O-])c1cccc(Br)c1OCc1cccc(Cl)c1. The van der Waals surface area contributed by atoms with E-state index in [1.165, 1.54) is 6.07 Å². The van der Waals surface area contributed by atoms with Gasteiger partial charge in [-0.05, 0) is 39.7 Å². The lowest BCUT2D eigenvalue weighted by atomic mass is 10.2. The molecule has 0 aliphatic carbocycles. The molecule has 0 radical (unpaired) electrons. The van der Waals surface area contributed by atoms with E-state index in [2.05, 4.69) is 15.9 Å². The number of rotatable bonds is 4. The fourth-order valence-corrected chi connectivity index (χ4v) is 2.25. The van der Waals surface area contributed by atoms with Crippen LogP contribution in [0.15, 0.2) is 46.9 Å². The predicted octanol–water partition coefficient (Wildman–Crippen LogP) is 4.59. The summed E-state index contributed by atoms with van der Waals surface area (Å²) < 4.78 is 6.07. The first-order valence-electron chi connectivity index (χ1n) is 5.38. The Morgan fingerprint density at radius 3 is 2.68 bits per heavy atom. The maximum absolute atomic E-state index is 10.9. The van der Waals surface area contributed by atoms with E-state index in [0.717, 1.165) is 5.56 Å². The second-order valence-corrected chi connectivity index (χ2v) is 5.05. The van der Waals surface area contributed by atoms with E-state index in [0.29, 0.717) is 9.50 Å². The summed E-state index contributed by atoms with van der Waals surface area (Å²) in [5.41, 5.74) is 0.772. The maximum atomic E-state index is 10.9. The fourth-order valence-electron chi connectivity index (χ4n) is 1.57. The first kappa shape index (κ1) is 13.8. The van der Waals surface area contributed by atoms with Crippen LogP contribution in [0.2, 0.25) is 5.02 Å². The van der Waals surface area contributed by atoms with E-state index in [4.69, 9.17) is 16.3 Å². The number of hydrogen-bond acceptors (Lipinski definition) is 3. The van der Waals surface area contributed by atoms with Crippen molar-refractivity contribution in [3.05, 3.63) is 67.6 Å². The first-order valence-corrected chi connectivity index (χ1v) is 6.55. The van der Waals surface area contributed by atoms with Crippen LogP contribution >= 0.6 is 27.5 Å². The molecule has 98 valence electrons. The summed E-state index contributed by atoms with van der Waals surface area (Å²) >= 11 is 9.11. The molecular weight excluding hydrogens is 334 g/mol. The number of hydrogen-bond donors (Lipinski definition) is 0. The number of benzene rings is 2. The molecule has 0 aromatic heterocycles. The van der Waals surface area contributed by atoms with E-state index in [1.807, 2.05) is 6.07 Å². The minimum atomic E-state index is -0.474. The summed E-state index contributed by atoms with van der Waals surface area (Å²) in [6.45, 7) is 0.212. The van der Waals surface area contributed by atoms with Crippen LogP contribution in [-0.2, 0) is 6.61 Å². The van der Waals surface area contributed by atoms with Gasteiger partial charge in [0.1, 0.15) is 6.61 Å². The molecule has 0 spiro atoms. The monoisotopic (exact) mass is 341 g/mol. The fraction of sp³-hybridized carbons (Fsp3) is 0.0769. The third kappa shape index (κ3) is 3.45. The molecule has 6 heteroatoms. The van der Waals surface area contributed by atoms with Gasteiger partial charge in [0.15, 0.2) is 0 Å². The molecule has 0 N–H and O–H groups in total. The lowest BCUT2D eigenvalue weighted by Gasteiger charge is -2.08. The van der Waals surface area contributed by atoms with Crippen molar-refractivity contribution in [2.75, 3.05) is 0 Å². The van der Waals surface area contributed by atoms with E-state index >= 15 is 0 Å². The Kier molecular flexibility index (Phi) is 4.39. The molecule has 4 nitrogen and oxygen atoms in total. The van der Waals surface area contributed by atoms with Crippen LogP contribution in [0.25, 0.3) is 0 Å². The Labute approximate surface area is 123 Å². The van der Waals surface area contributed by atoms with Gasteiger partial charge in [-0.15, -0.1) is 0 Å². The highest BCUT2D eigenvalue weighted by Crippen LogP contribution is 2.35. The molecule has 0 saturated carbocycles. The lowest BCUT2D eigenvalue weighted by molar-refractivity contribution is -0.386. The van der Waals surface area contributed by atoms with Gasteiger partial charge in [0.25, 0.3) is 0 Å². The predicted molar refractivity (Wildman–Crippen MR) is 76.6 cm³/mol. The average Bonchev–Trinajstić information content (AvgIpc) is 2.37. The minimum absolute atomic E-state index is 0.0728. The average molecular weight is 343 g/mol. The molecule has 0 heterocycles. The van der Waals surface area contributed by atoms with Crippen molar-refractivity contribution in [2.45, 2.75) is 6.61 Å². The van der Waals surface area contributed by atoms with Gasteiger partial charge in [-0.1, -0.05) is 29.8 Å². The van der Waals surface area contributed by atoms with Crippen LogP contribution in [0, 0.1) is 10.1 Å². The molecule has 0 unspecified atom stereocenters. The number of nitro groups is 1. The third-order valence-electron chi connectivity index (χ3n) is 2.42. The molecule has 2 rings (SSSR count). The van der Waals surface area contributed by atoms with Gasteiger partial charge < -0.3 is 4.74 Å². The van der Waals surface area contributed by atoms with Crippen LogP contribution in [0.5, 0.6) is 5.75 Å². The quantitative estimate of drug-likeness (QED) is 0.603. The van der Waals surface area contributed by atoms with Gasteiger partial charge in [-0.25, -0.2) is 0 Å². The highest BCUT2D eigenvalue weighted by atomic mass is 79.9. The van der Waals surface area contributed by atoms with E-state index in [9.17, 15) is 10.1 Å². The Balaban J connectivity index is 2.22. The van der Waals surface area contributed by atoms with Crippen LogP contribution in [0.3, 0.4) is 0 Å². The minimum Gasteiger partial charge on any atom is -0.481 e. The molecule has 2 aromatic rings.